The number of anilines is 1. The third-order valence-electron chi connectivity index (χ3n) is 7.63. The summed E-state index contributed by atoms with van der Waals surface area (Å²) < 4.78 is 7.32. The van der Waals surface area contributed by atoms with Crippen LogP contribution in [0.2, 0.25) is 0 Å². The lowest BCUT2D eigenvalue weighted by atomic mass is 9.95. The minimum absolute atomic E-state index is 0.0224. The smallest absolute Gasteiger partial charge is 0.410 e. The van der Waals surface area contributed by atoms with Crippen LogP contribution in [0.25, 0.3) is 22.3 Å². The van der Waals surface area contributed by atoms with E-state index in [9.17, 15) is 14.4 Å². The fraction of sp³-hybridized carbons (Fsp3) is 0.469. The van der Waals surface area contributed by atoms with Gasteiger partial charge < -0.3 is 19.9 Å². The standard InChI is InChI=1S/C32H40N8O4/c1-19(2)40-28-25(18-35-40)23(29(41)34-17-24-20(3)14-21(4)36-30(24)42)16-26(37-28)22-8-9-33-27(15-22)38-10-12-39(13-11-38)31(43)44-32(5,6)7/h8-9,14-16,18-19,24H,10-13,17H2,1-7H3,(H,34,41). The van der Waals surface area contributed by atoms with Crippen molar-refractivity contribution in [2.45, 2.75) is 60.1 Å². The van der Waals surface area contributed by atoms with Crippen LogP contribution >= 0.6 is 0 Å². The second kappa shape index (κ2) is 12.2. The van der Waals surface area contributed by atoms with Crippen LogP contribution in [0, 0.1) is 5.92 Å². The number of rotatable bonds is 6. The maximum atomic E-state index is 13.6. The summed E-state index contributed by atoms with van der Waals surface area (Å²) in [6, 6.07) is 5.59. The lowest BCUT2D eigenvalue weighted by Gasteiger charge is -2.36. The number of fused-ring (bicyclic) bond motifs is 1. The first-order chi connectivity index (χ1) is 20.8. The molecule has 0 spiro atoms. The molecule has 5 heterocycles. The lowest BCUT2D eigenvalue weighted by molar-refractivity contribution is -0.120. The van der Waals surface area contributed by atoms with Crippen LogP contribution in [0.15, 0.2) is 47.2 Å². The summed E-state index contributed by atoms with van der Waals surface area (Å²) in [5.41, 5.74) is 3.40. The van der Waals surface area contributed by atoms with Gasteiger partial charge in [0.2, 0.25) is 0 Å². The van der Waals surface area contributed by atoms with Gasteiger partial charge in [0.05, 0.1) is 28.8 Å². The monoisotopic (exact) mass is 600 g/mol. The minimum Gasteiger partial charge on any atom is -0.444 e. The van der Waals surface area contributed by atoms with Gasteiger partial charge in [-0.25, -0.2) is 24.4 Å². The first kappa shape index (κ1) is 30.8. The largest absolute Gasteiger partial charge is 0.444 e. The average Bonchev–Trinajstić information content (AvgIpc) is 3.40. The second-order valence-electron chi connectivity index (χ2n) is 12.6. The number of piperazine rings is 1. The molecule has 12 heteroatoms. The zero-order chi connectivity index (χ0) is 31.8. The lowest BCUT2D eigenvalue weighted by Crippen LogP contribution is -2.50. The Bertz CT molecular complexity index is 1660. The van der Waals surface area contributed by atoms with Crippen LogP contribution in [-0.4, -0.2) is 86.6 Å². The predicted molar refractivity (Wildman–Crippen MR) is 169 cm³/mol. The molecule has 0 bridgehead atoms. The number of ether oxygens (including phenoxy) is 1. The normalized spacial score (nSPS) is 17.5. The van der Waals surface area contributed by atoms with Crippen molar-refractivity contribution in [2.75, 3.05) is 37.6 Å². The molecule has 0 radical (unpaired) electrons. The molecule has 3 aromatic heterocycles. The number of nitrogens with one attached hydrogen (secondary N) is 1. The molecule has 232 valence electrons. The van der Waals surface area contributed by atoms with Crippen molar-refractivity contribution in [3.8, 4) is 11.3 Å². The first-order valence-corrected chi connectivity index (χ1v) is 14.9. The topological polar surface area (TPSA) is 135 Å². The fourth-order valence-electron chi connectivity index (χ4n) is 5.37. The highest BCUT2D eigenvalue weighted by Gasteiger charge is 2.28. The van der Waals surface area contributed by atoms with Gasteiger partial charge in [-0.3, -0.25) is 9.59 Å². The summed E-state index contributed by atoms with van der Waals surface area (Å²) in [6.07, 6.45) is 4.94. The fourth-order valence-corrected chi connectivity index (χ4v) is 5.37. The van der Waals surface area contributed by atoms with Crippen molar-refractivity contribution in [1.82, 2.24) is 30.0 Å². The molecule has 5 rings (SSSR count). The summed E-state index contributed by atoms with van der Waals surface area (Å²) in [5, 5.41) is 8.09. The Morgan fingerprint density at radius 1 is 1.11 bits per heavy atom. The van der Waals surface area contributed by atoms with E-state index in [1.54, 1.807) is 35.0 Å². The second-order valence-corrected chi connectivity index (χ2v) is 12.6. The molecular formula is C32H40N8O4. The Hall–Kier alpha value is -4.61. The number of carbonyl (C=O) groups is 3. The van der Waals surface area contributed by atoms with E-state index >= 15 is 0 Å². The van der Waals surface area contributed by atoms with E-state index in [0.29, 0.717) is 54.2 Å². The van der Waals surface area contributed by atoms with E-state index in [1.807, 2.05) is 59.8 Å². The van der Waals surface area contributed by atoms with E-state index in [4.69, 9.17) is 9.72 Å². The van der Waals surface area contributed by atoms with E-state index < -0.39 is 11.5 Å². The molecule has 3 aromatic rings. The van der Waals surface area contributed by atoms with Gasteiger partial charge in [-0.05, 0) is 72.7 Å². The van der Waals surface area contributed by atoms with Crippen LogP contribution < -0.4 is 10.2 Å². The zero-order valence-corrected chi connectivity index (χ0v) is 26.4. The maximum Gasteiger partial charge on any atom is 0.410 e. The van der Waals surface area contributed by atoms with Crippen molar-refractivity contribution in [2.24, 2.45) is 10.9 Å². The molecule has 1 atom stereocenters. The van der Waals surface area contributed by atoms with Crippen LogP contribution in [-0.2, 0) is 9.53 Å². The number of aliphatic imine (C=N–C) groups is 1. The molecule has 1 unspecified atom stereocenters. The Balaban J connectivity index is 1.40. The van der Waals surface area contributed by atoms with Gasteiger partial charge in [0.25, 0.3) is 11.8 Å². The van der Waals surface area contributed by atoms with E-state index in [0.717, 1.165) is 17.0 Å². The van der Waals surface area contributed by atoms with Gasteiger partial charge in [-0.15, -0.1) is 0 Å². The number of hydrogen-bond acceptors (Lipinski definition) is 8. The van der Waals surface area contributed by atoms with Crippen molar-refractivity contribution in [3.63, 3.8) is 0 Å². The predicted octanol–water partition coefficient (Wildman–Crippen LogP) is 4.42. The van der Waals surface area contributed by atoms with Crippen LogP contribution in [0.4, 0.5) is 10.6 Å². The molecule has 2 aliphatic rings. The van der Waals surface area contributed by atoms with Crippen LogP contribution in [0.3, 0.4) is 0 Å². The average molecular weight is 601 g/mol. The minimum atomic E-state index is -0.546. The van der Waals surface area contributed by atoms with Gasteiger partial charge in [0, 0.05) is 56.2 Å². The number of pyridine rings is 2. The molecule has 0 aromatic carbocycles. The van der Waals surface area contributed by atoms with Crippen LogP contribution in [0.1, 0.15) is 64.9 Å². The third-order valence-corrected chi connectivity index (χ3v) is 7.63. The molecule has 44 heavy (non-hydrogen) atoms. The number of hydrogen-bond donors (Lipinski definition) is 1. The number of carbonyl (C=O) groups excluding carboxylic acids is 3. The molecule has 3 amide bonds. The molecule has 2 aliphatic heterocycles. The first-order valence-electron chi connectivity index (χ1n) is 14.9. The third kappa shape index (κ3) is 6.63. The van der Waals surface area contributed by atoms with Crippen molar-refractivity contribution in [3.05, 3.63) is 47.8 Å². The number of allylic oxidation sites excluding steroid dienone is 1. The van der Waals surface area contributed by atoms with Crippen molar-refractivity contribution < 1.29 is 19.1 Å². The maximum absolute atomic E-state index is 13.6. The molecular weight excluding hydrogens is 560 g/mol. The summed E-state index contributed by atoms with van der Waals surface area (Å²) in [7, 11) is 0. The Labute approximate surface area is 257 Å². The van der Waals surface area contributed by atoms with Gasteiger partial charge in [-0.1, -0.05) is 5.57 Å². The van der Waals surface area contributed by atoms with Crippen molar-refractivity contribution in [1.29, 1.82) is 0 Å². The van der Waals surface area contributed by atoms with Gasteiger partial charge in [0.1, 0.15) is 11.4 Å². The number of aromatic nitrogens is 4. The summed E-state index contributed by atoms with van der Waals surface area (Å²) in [6.45, 7) is 15.6. The SMILES string of the molecule is CC1=CC(C)=NC(=O)C1CNC(=O)c1cc(-c2ccnc(N3CCN(C(=O)OC(C)(C)C)CC3)c2)nc2c1cnn2C(C)C. The quantitative estimate of drug-likeness (QED) is 0.439. The highest BCUT2D eigenvalue weighted by Crippen LogP contribution is 2.29. The molecule has 1 N–H and O–H groups in total. The number of amides is 3. The summed E-state index contributed by atoms with van der Waals surface area (Å²) in [4.78, 5) is 56.1. The highest BCUT2D eigenvalue weighted by molar-refractivity contribution is 6.08. The molecule has 0 aliphatic carbocycles. The van der Waals surface area contributed by atoms with Gasteiger partial charge >= 0.3 is 6.09 Å². The Morgan fingerprint density at radius 2 is 1.84 bits per heavy atom. The highest BCUT2D eigenvalue weighted by atomic mass is 16.6. The number of nitrogens with zero attached hydrogens (tertiary/aromatic N) is 7. The van der Waals surface area contributed by atoms with Gasteiger partial charge in [-0.2, -0.15) is 5.10 Å². The summed E-state index contributed by atoms with van der Waals surface area (Å²) in [5.74, 6) is -0.324. The van der Waals surface area contributed by atoms with E-state index in [1.165, 1.54) is 0 Å². The molecule has 1 fully saturated rings. The Kier molecular flexibility index (Phi) is 8.53. The van der Waals surface area contributed by atoms with Crippen LogP contribution in [0.5, 0.6) is 0 Å². The van der Waals surface area contributed by atoms with E-state index in [2.05, 4.69) is 25.3 Å². The molecule has 1 saturated heterocycles. The molecule has 12 nitrogen and oxygen atoms in total. The van der Waals surface area contributed by atoms with Gasteiger partial charge in [0.15, 0.2) is 5.65 Å². The number of dihydropyridines is 1. The van der Waals surface area contributed by atoms with Crippen molar-refractivity contribution >= 4 is 40.5 Å². The Morgan fingerprint density at radius 3 is 2.50 bits per heavy atom. The van der Waals surface area contributed by atoms with E-state index in [-0.39, 0.29) is 30.5 Å². The summed E-state index contributed by atoms with van der Waals surface area (Å²) >= 11 is 0. The zero-order valence-electron chi connectivity index (χ0n) is 26.4. The molecule has 0 saturated carbocycles.